The summed E-state index contributed by atoms with van der Waals surface area (Å²) in [6, 6.07) is 0. The van der Waals surface area contributed by atoms with Gasteiger partial charge in [-0.3, -0.25) is 19.2 Å². The Kier molecular flexibility index (Phi) is 2.18. The third-order valence-corrected chi connectivity index (χ3v) is 2.77. The van der Waals surface area contributed by atoms with Crippen LogP contribution in [0.4, 0.5) is 0 Å². The highest BCUT2D eigenvalue weighted by Gasteiger charge is 2.45. The largest absolute Gasteiger partial charge is 0.273 e. The van der Waals surface area contributed by atoms with Crippen LogP contribution in [0, 0.1) is 0 Å². The summed E-state index contributed by atoms with van der Waals surface area (Å²) in [5.74, 6) is -2.51. The number of halogens is 1. The second-order valence-corrected chi connectivity index (χ2v) is 4.14. The normalized spacial score (nSPS) is 26.1. The van der Waals surface area contributed by atoms with E-state index in [1.807, 2.05) is 0 Å². The zero-order valence-corrected chi connectivity index (χ0v) is 8.93. The lowest BCUT2D eigenvalue weighted by Gasteiger charge is -2.22. The summed E-state index contributed by atoms with van der Waals surface area (Å²) in [7, 11) is 0. The Hall–Kier alpha value is -1.50. The zero-order chi connectivity index (χ0) is 11.2. The van der Waals surface area contributed by atoms with Gasteiger partial charge in [0, 0.05) is 12.2 Å². The van der Waals surface area contributed by atoms with Crippen LogP contribution in [0.5, 0.6) is 0 Å². The molecule has 0 radical (unpaired) electrons. The molecular formula is C8H5BrN2O4. The van der Waals surface area contributed by atoms with Crippen molar-refractivity contribution in [3.05, 3.63) is 12.2 Å². The molecule has 0 bridgehead atoms. The molecule has 6 nitrogen and oxygen atoms in total. The van der Waals surface area contributed by atoms with Gasteiger partial charge < -0.3 is 0 Å². The molecule has 1 fully saturated rings. The maximum absolute atomic E-state index is 11.5. The summed E-state index contributed by atoms with van der Waals surface area (Å²) in [4.78, 5) is 44.6. The van der Waals surface area contributed by atoms with Gasteiger partial charge in [-0.25, -0.2) is 0 Å². The zero-order valence-electron chi connectivity index (χ0n) is 7.34. The van der Waals surface area contributed by atoms with Crippen molar-refractivity contribution in [2.45, 2.75) is 11.2 Å². The molecule has 0 N–H and O–H groups in total. The van der Waals surface area contributed by atoms with Gasteiger partial charge >= 0.3 is 0 Å². The molecule has 2 aliphatic rings. The van der Waals surface area contributed by atoms with Gasteiger partial charge in [0.25, 0.3) is 23.6 Å². The second-order valence-electron chi connectivity index (χ2n) is 3.04. The maximum Gasteiger partial charge on any atom is 0.273 e. The molecule has 0 aromatic rings. The van der Waals surface area contributed by atoms with Crippen LogP contribution in [-0.2, 0) is 19.2 Å². The Morgan fingerprint density at radius 3 is 2.00 bits per heavy atom. The van der Waals surface area contributed by atoms with Crippen LogP contribution in [-0.4, -0.2) is 38.5 Å². The van der Waals surface area contributed by atoms with E-state index in [4.69, 9.17) is 0 Å². The maximum atomic E-state index is 11.5. The standard InChI is InChI=1S/C8H5BrN2O4/c9-4-3-7(14)11(8(4)15)10-5(12)1-2-6(10)13/h1-2,4H,3H2. The van der Waals surface area contributed by atoms with Gasteiger partial charge in [-0.1, -0.05) is 15.9 Å². The Bertz CT molecular complexity index is 399. The molecule has 4 amide bonds. The Morgan fingerprint density at radius 1 is 1.07 bits per heavy atom. The molecule has 78 valence electrons. The summed E-state index contributed by atoms with van der Waals surface area (Å²) in [6.07, 6.45) is 1.99. The summed E-state index contributed by atoms with van der Waals surface area (Å²) in [5, 5.41) is 1.13. The summed E-state index contributed by atoms with van der Waals surface area (Å²) >= 11 is 2.99. The highest BCUT2D eigenvalue weighted by molar-refractivity contribution is 9.10. The van der Waals surface area contributed by atoms with Gasteiger partial charge in [0.1, 0.15) is 4.83 Å². The number of hydrogen-bond acceptors (Lipinski definition) is 4. The number of amides is 4. The molecule has 0 aliphatic carbocycles. The van der Waals surface area contributed by atoms with Crippen molar-refractivity contribution in [1.29, 1.82) is 0 Å². The number of hydrogen-bond donors (Lipinski definition) is 0. The number of alkyl halides is 1. The van der Waals surface area contributed by atoms with E-state index < -0.39 is 28.5 Å². The first-order valence-electron chi connectivity index (χ1n) is 4.09. The molecule has 1 saturated heterocycles. The minimum atomic E-state index is -0.677. The van der Waals surface area contributed by atoms with Crippen molar-refractivity contribution in [2.75, 3.05) is 0 Å². The molecule has 0 spiro atoms. The first kappa shape index (κ1) is 10.0. The Morgan fingerprint density at radius 2 is 1.60 bits per heavy atom. The van der Waals surface area contributed by atoms with Gasteiger partial charge in [-0.05, 0) is 0 Å². The van der Waals surface area contributed by atoms with Gasteiger partial charge in [-0.2, -0.15) is 10.0 Å². The molecular weight excluding hydrogens is 268 g/mol. The van der Waals surface area contributed by atoms with E-state index in [0.29, 0.717) is 10.0 Å². The fourth-order valence-electron chi connectivity index (χ4n) is 1.38. The molecule has 0 aromatic heterocycles. The average molecular weight is 273 g/mol. The van der Waals surface area contributed by atoms with Crippen LogP contribution in [0.15, 0.2) is 12.2 Å². The van der Waals surface area contributed by atoms with E-state index in [0.717, 1.165) is 12.2 Å². The summed E-state index contributed by atoms with van der Waals surface area (Å²) < 4.78 is 0. The molecule has 0 saturated carbocycles. The van der Waals surface area contributed by atoms with Crippen LogP contribution < -0.4 is 0 Å². The van der Waals surface area contributed by atoms with Gasteiger partial charge in [-0.15, -0.1) is 0 Å². The number of nitrogens with zero attached hydrogens (tertiary/aromatic N) is 2. The lowest BCUT2D eigenvalue weighted by Crippen LogP contribution is -2.49. The minimum Gasteiger partial charge on any atom is -0.272 e. The van der Waals surface area contributed by atoms with Crippen LogP contribution in [0.25, 0.3) is 0 Å². The van der Waals surface area contributed by atoms with Crippen LogP contribution >= 0.6 is 15.9 Å². The second kappa shape index (κ2) is 3.27. The van der Waals surface area contributed by atoms with Gasteiger partial charge in [0.15, 0.2) is 0 Å². The number of hydrazine groups is 1. The van der Waals surface area contributed by atoms with Gasteiger partial charge in [0.05, 0.1) is 6.42 Å². The summed E-state index contributed by atoms with van der Waals surface area (Å²) in [5.41, 5.74) is 0. The molecule has 2 heterocycles. The van der Waals surface area contributed by atoms with E-state index in [2.05, 4.69) is 15.9 Å². The molecule has 0 aromatic carbocycles. The van der Waals surface area contributed by atoms with Crippen molar-refractivity contribution < 1.29 is 19.2 Å². The first-order chi connectivity index (χ1) is 7.02. The number of carbonyl (C=O) groups excluding carboxylic acids is 4. The predicted octanol–water partition coefficient (Wildman–Crippen LogP) is -0.651. The van der Waals surface area contributed by atoms with E-state index in [1.165, 1.54) is 0 Å². The molecule has 2 aliphatic heterocycles. The Balaban J connectivity index is 2.32. The molecule has 15 heavy (non-hydrogen) atoms. The van der Waals surface area contributed by atoms with Crippen molar-refractivity contribution in [2.24, 2.45) is 0 Å². The monoisotopic (exact) mass is 272 g/mol. The van der Waals surface area contributed by atoms with Crippen LogP contribution in [0.1, 0.15) is 6.42 Å². The number of rotatable bonds is 1. The molecule has 1 atom stereocenters. The summed E-state index contributed by atoms with van der Waals surface area (Å²) in [6.45, 7) is 0. The van der Waals surface area contributed by atoms with E-state index in [1.54, 1.807) is 0 Å². The lowest BCUT2D eigenvalue weighted by atomic mass is 10.4. The third-order valence-electron chi connectivity index (χ3n) is 2.05. The fourth-order valence-corrected chi connectivity index (χ4v) is 1.85. The van der Waals surface area contributed by atoms with Crippen molar-refractivity contribution in [1.82, 2.24) is 10.0 Å². The number of imide groups is 2. The number of carbonyl (C=O) groups is 4. The highest BCUT2D eigenvalue weighted by atomic mass is 79.9. The smallest absolute Gasteiger partial charge is 0.272 e. The lowest BCUT2D eigenvalue weighted by molar-refractivity contribution is -0.170. The van der Waals surface area contributed by atoms with E-state index in [9.17, 15) is 19.2 Å². The Labute approximate surface area is 92.6 Å². The quantitative estimate of drug-likeness (QED) is 0.470. The third kappa shape index (κ3) is 1.39. The van der Waals surface area contributed by atoms with E-state index in [-0.39, 0.29) is 6.42 Å². The van der Waals surface area contributed by atoms with Crippen molar-refractivity contribution in [3.63, 3.8) is 0 Å². The molecule has 2 rings (SSSR count). The molecule has 7 heteroatoms. The van der Waals surface area contributed by atoms with Crippen LogP contribution in [0.2, 0.25) is 0 Å². The minimum absolute atomic E-state index is 0.0457. The average Bonchev–Trinajstić information content (AvgIpc) is 2.59. The fraction of sp³-hybridized carbons (Fsp3) is 0.250. The highest BCUT2D eigenvalue weighted by Crippen LogP contribution is 2.23. The van der Waals surface area contributed by atoms with Crippen molar-refractivity contribution >= 4 is 39.6 Å². The van der Waals surface area contributed by atoms with E-state index >= 15 is 0 Å². The van der Waals surface area contributed by atoms with Crippen molar-refractivity contribution in [3.8, 4) is 0 Å². The molecule has 1 unspecified atom stereocenters. The first-order valence-corrected chi connectivity index (χ1v) is 5.01. The predicted molar refractivity (Wildman–Crippen MR) is 50.2 cm³/mol. The van der Waals surface area contributed by atoms with Crippen LogP contribution in [0.3, 0.4) is 0 Å². The SMILES string of the molecule is O=C1C=CC(=O)N1N1C(=O)CC(Br)C1=O. The van der Waals surface area contributed by atoms with Gasteiger partial charge in [0.2, 0.25) is 0 Å². The topological polar surface area (TPSA) is 74.8 Å².